The average molecular weight is 564 g/mol. The van der Waals surface area contributed by atoms with Crippen molar-refractivity contribution in [1.82, 2.24) is 29.7 Å². The number of hydrogen-bond donors (Lipinski definition) is 2. The van der Waals surface area contributed by atoms with Gasteiger partial charge in [0, 0.05) is 39.4 Å². The highest BCUT2D eigenvalue weighted by Crippen LogP contribution is 2.27. The van der Waals surface area contributed by atoms with Crippen molar-refractivity contribution in [1.29, 1.82) is 0 Å². The molecule has 0 saturated carbocycles. The van der Waals surface area contributed by atoms with Crippen LogP contribution in [0.25, 0.3) is 0 Å². The SMILES string of the molecule is CCOc1cnc(NC(=O)N(C)[C@H]2CN(c3nccc(NC(=O)OCC4(F)CCN(C)CC4)n3)CC[C@H]2F)cn1. The predicted octanol–water partition coefficient (Wildman–Crippen LogP) is 2.73. The topological polar surface area (TPSA) is 138 Å². The summed E-state index contributed by atoms with van der Waals surface area (Å²) in [4.78, 5) is 46.9. The van der Waals surface area contributed by atoms with Crippen molar-refractivity contribution < 1.29 is 27.8 Å². The van der Waals surface area contributed by atoms with Crippen molar-refractivity contribution in [3.05, 3.63) is 24.7 Å². The van der Waals surface area contributed by atoms with Crippen LogP contribution in [0.15, 0.2) is 24.7 Å². The Kier molecular flexibility index (Phi) is 9.45. The van der Waals surface area contributed by atoms with Crippen molar-refractivity contribution in [2.24, 2.45) is 0 Å². The fourth-order valence-electron chi connectivity index (χ4n) is 4.47. The van der Waals surface area contributed by atoms with Gasteiger partial charge in [-0.3, -0.25) is 10.6 Å². The molecular weight excluding hydrogens is 528 g/mol. The van der Waals surface area contributed by atoms with E-state index in [1.54, 1.807) is 4.90 Å². The largest absolute Gasteiger partial charge is 0.477 e. The van der Waals surface area contributed by atoms with E-state index in [2.05, 4.69) is 30.6 Å². The Morgan fingerprint density at radius 1 is 1.15 bits per heavy atom. The Morgan fingerprint density at radius 3 is 2.62 bits per heavy atom. The van der Waals surface area contributed by atoms with Gasteiger partial charge in [-0.05, 0) is 39.3 Å². The molecule has 0 aromatic carbocycles. The lowest BCUT2D eigenvalue weighted by atomic mass is 9.95. The fraction of sp³-hybridized carbons (Fsp3) is 0.600. The van der Waals surface area contributed by atoms with Crippen LogP contribution in [0, 0.1) is 0 Å². The molecule has 0 spiro atoms. The molecule has 2 atom stereocenters. The van der Waals surface area contributed by atoms with E-state index in [1.807, 2.05) is 18.9 Å². The minimum Gasteiger partial charge on any atom is -0.477 e. The fourth-order valence-corrected chi connectivity index (χ4v) is 4.47. The quantitative estimate of drug-likeness (QED) is 0.493. The molecule has 2 N–H and O–H groups in total. The third kappa shape index (κ3) is 7.61. The second kappa shape index (κ2) is 13.0. The molecule has 2 aromatic heterocycles. The summed E-state index contributed by atoms with van der Waals surface area (Å²) in [5.41, 5.74) is -1.55. The molecule has 218 valence electrons. The Hall–Kier alpha value is -3.88. The number of anilines is 3. The van der Waals surface area contributed by atoms with Gasteiger partial charge in [0.15, 0.2) is 5.82 Å². The molecule has 15 heteroatoms. The molecule has 2 aromatic rings. The van der Waals surface area contributed by atoms with Crippen LogP contribution < -0.4 is 20.3 Å². The summed E-state index contributed by atoms with van der Waals surface area (Å²) in [6.07, 6.45) is 2.82. The van der Waals surface area contributed by atoms with Crippen LogP contribution in [0.5, 0.6) is 5.88 Å². The van der Waals surface area contributed by atoms with E-state index >= 15 is 0 Å². The zero-order valence-electron chi connectivity index (χ0n) is 22.8. The monoisotopic (exact) mass is 563 g/mol. The number of nitrogens with one attached hydrogen (secondary N) is 2. The van der Waals surface area contributed by atoms with Crippen LogP contribution in [0.3, 0.4) is 0 Å². The highest BCUT2D eigenvalue weighted by molar-refractivity contribution is 5.88. The summed E-state index contributed by atoms with van der Waals surface area (Å²) >= 11 is 0. The number of rotatable bonds is 8. The first-order valence-electron chi connectivity index (χ1n) is 13.2. The predicted molar refractivity (Wildman–Crippen MR) is 143 cm³/mol. The molecule has 2 saturated heterocycles. The normalized spacial score (nSPS) is 20.9. The summed E-state index contributed by atoms with van der Waals surface area (Å²) < 4.78 is 40.2. The number of amides is 3. The van der Waals surface area contributed by atoms with Gasteiger partial charge in [-0.2, -0.15) is 4.98 Å². The molecule has 40 heavy (non-hydrogen) atoms. The molecule has 3 amide bonds. The van der Waals surface area contributed by atoms with Crippen molar-refractivity contribution in [2.45, 2.75) is 44.1 Å². The maximum absolute atomic E-state index is 14.9. The van der Waals surface area contributed by atoms with E-state index < -0.39 is 30.0 Å². The number of piperidine rings is 2. The number of likely N-dealkylation sites (tertiary alicyclic amines) is 1. The van der Waals surface area contributed by atoms with Gasteiger partial charge >= 0.3 is 12.1 Å². The zero-order valence-corrected chi connectivity index (χ0v) is 22.8. The number of carbonyl (C=O) groups excluding carboxylic acids is 2. The van der Waals surface area contributed by atoms with Crippen LogP contribution in [-0.4, -0.2) is 113 Å². The Bertz CT molecular complexity index is 1150. The van der Waals surface area contributed by atoms with Crippen LogP contribution in [0.2, 0.25) is 0 Å². The van der Waals surface area contributed by atoms with E-state index in [-0.39, 0.29) is 37.2 Å². The van der Waals surface area contributed by atoms with E-state index in [1.165, 1.54) is 36.6 Å². The molecule has 0 radical (unpaired) electrons. The summed E-state index contributed by atoms with van der Waals surface area (Å²) in [6.45, 7) is 3.53. The number of likely N-dealkylation sites (N-methyl/N-ethyl adjacent to an activating group) is 1. The second-order valence-corrected chi connectivity index (χ2v) is 9.93. The van der Waals surface area contributed by atoms with Gasteiger partial charge < -0.3 is 24.2 Å². The molecule has 0 bridgehead atoms. The lowest BCUT2D eigenvalue weighted by Gasteiger charge is -2.39. The molecule has 0 aliphatic carbocycles. The van der Waals surface area contributed by atoms with Crippen molar-refractivity contribution >= 4 is 29.7 Å². The zero-order chi connectivity index (χ0) is 28.7. The number of urea groups is 1. The standard InChI is InChI=1S/C25H35F2N9O4/c1-4-39-21-14-29-20(13-30-21)32-23(37)35(3)18-15-36(10-6-17(18)26)22-28-9-5-19(31-22)33-24(38)40-16-25(27)7-11-34(2)12-8-25/h5,9,13-14,17-18H,4,6-8,10-12,15-16H2,1-3H3,(H,29,32,37)(H,28,31,33,38)/t17-,18+/m1/s1. The summed E-state index contributed by atoms with van der Waals surface area (Å²) in [5.74, 6) is 0.935. The number of alkyl halides is 2. The van der Waals surface area contributed by atoms with Gasteiger partial charge in [0.25, 0.3) is 0 Å². The van der Waals surface area contributed by atoms with Crippen molar-refractivity contribution in [2.75, 3.05) is 69.0 Å². The lowest BCUT2D eigenvalue weighted by molar-refractivity contribution is 0.00852. The number of ether oxygens (including phenoxy) is 2. The van der Waals surface area contributed by atoms with Gasteiger partial charge in [0.1, 0.15) is 24.3 Å². The minimum atomic E-state index is -1.55. The summed E-state index contributed by atoms with van der Waals surface area (Å²) in [7, 11) is 3.42. The summed E-state index contributed by atoms with van der Waals surface area (Å²) in [5, 5.41) is 5.11. The number of carbonyl (C=O) groups is 2. The Balaban J connectivity index is 1.32. The third-order valence-corrected chi connectivity index (χ3v) is 6.97. The Labute approximate surface area is 231 Å². The highest BCUT2D eigenvalue weighted by Gasteiger charge is 2.36. The first-order valence-corrected chi connectivity index (χ1v) is 13.2. The second-order valence-electron chi connectivity index (χ2n) is 9.93. The first kappa shape index (κ1) is 29.1. The van der Waals surface area contributed by atoms with E-state index in [9.17, 15) is 18.4 Å². The number of halogens is 2. The van der Waals surface area contributed by atoms with Crippen LogP contribution in [0.4, 0.5) is 36.0 Å². The maximum atomic E-state index is 14.9. The molecule has 2 fully saturated rings. The van der Waals surface area contributed by atoms with Crippen molar-refractivity contribution in [3.63, 3.8) is 0 Å². The third-order valence-electron chi connectivity index (χ3n) is 6.97. The number of nitrogens with zero attached hydrogens (tertiary/aromatic N) is 7. The molecule has 4 heterocycles. The first-order chi connectivity index (χ1) is 19.2. The molecular formula is C25H35F2N9O4. The van der Waals surface area contributed by atoms with Gasteiger partial charge in [-0.1, -0.05) is 0 Å². The van der Waals surface area contributed by atoms with E-state index in [0.29, 0.717) is 45.0 Å². The van der Waals surface area contributed by atoms with Gasteiger partial charge in [0.2, 0.25) is 11.8 Å². The van der Waals surface area contributed by atoms with Crippen LogP contribution in [0.1, 0.15) is 26.2 Å². The summed E-state index contributed by atoms with van der Waals surface area (Å²) in [6, 6.07) is 0.120. The molecule has 2 aliphatic heterocycles. The maximum Gasteiger partial charge on any atom is 0.412 e. The van der Waals surface area contributed by atoms with Gasteiger partial charge in [-0.25, -0.2) is 33.3 Å². The van der Waals surface area contributed by atoms with Crippen molar-refractivity contribution in [3.8, 4) is 5.88 Å². The molecule has 4 rings (SSSR count). The number of hydrogen-bond acceptors (Lipinski definition) is 10. The average Bonchev–Trinajstić information content (AvgIpc) is 2.95. The van der Waals surface area contributed by atoms with Gasteiger partial charge in [0.05, 0.1) is 25.0 Å². The lowest BCUT2D eigenvalue weighted by Crippen LogP contribution is -2.55. The highest BCUT2D eigenvalue weighted by atomic mass is 19.1. The minimum absolute atomic E-state index is 0.118. The number of aromatic nitrogens is 4. The van der Waals surface area contributed by atoms with E-state index in [4.69, 9.17) is 9.47 Å². The Morgan fingerprint density at radius 2 is 1.93 bits per heavy atom. The van der Waals surface area contributed by atoms with Gasteiger partial charge in [-0.15, -0.1) is 0 Å². The molecule has 0 unspecified atom stereocenters. The van der Waals surface area contributed by atoms with E-state index in [0.717, 1.165) is 0 Å². The van der Waals surface area contributed by atoms with Crippen LogP contribution in [-0.2, 0) is 4.74 Å². The molecule has 13 nitrogen and oxygen atoms in total. The molecule has 2 aliphatic rings. The van der Waals surface area contributed by atoms with Crippen LogP contribution >= 0.6 is 0 Å². The smallest absolute Gasteiger partial charge is 0.412 e.